The van der Waals surface area contributed by atoms with Crippen molar-refractivity contribution in [3.8, 4) is 0 Å². The van der Waals surface area contributed by atoms with Crippen LogP contribution in [0.4, 0.5) is 8.78 Å². The lowest BCUT2D eigenvalue weighted by atomic mass is 9.99. The number of nitrogens with one attached hydrogen (secondary N) is 1. The van der Waals surface area contributed by atoms with Crippen molar-refractivity contribution < 1.29 is 23.1 Å². The Labute approximate surface area is 132 Å². The molecule has 0 unspecified atom stereocenters. The second-order valence-corrected chi connectivity index (χ2v) is 4.80. The SMILES string of the molecule is COC(=O)[C@H](CNC(=O)c1cccc(F)c1F)c1ccccc1. The molecule has 0 bridgehead atoms. The Hall–Kier alpha value is -2.76. The van der Waals surface area contributed by atoms with E-state index in [4.69, 9.17) is 4.74 Å². The lowest BCUT2D eigenvalue weighted by Gasteiger charge is -2.16. The summed E-state index contributed by atoms with van der Waals surface area (Å²) in [5.74, 6) is -4.39. The molecule has 120 valence electrons. The first-order valence-electron chi connectivity index (χ1n) is 6.89. The second-order valence-electron chi connectivity index (χ2n) is 4.80. The van der Waals surface area contributed by atoms with E-state index < -0.39 is 35.0 Å². The molecule has 2 aromatic carbocycles. The quantitative estimate of drug-likeness (QED) is 0.862. The van der Waals surface area contributed by atoms with Crippen LogP contribution in [0.15, 0.2) is 48.5 Å². The minimum atomic E-state index is -1.22. The fourth-order valence-corrected chi connectivity index (χ4v) is 2.13. The smallest absolute Gasteiger partial charge is 0.314 e. The zero-order valence-electron chi connectivity index (χ0n) is 12.4. The van der Waals surface area contributed by atoms with Crippen molar-refractivity contribution in [3.05, 3.63) is 71.3 Å². The number of amides is 1. The van der Waals surface area contributed by atoms with E-state index in [1.165, 1.54) is 19.2 Å². The molecule has 23 heavy (non-hydrogen) atoms. The summed E-state index contributed by atoms with van der Waals surface area (Å²) in [5, 5.41) is 2.43. The number of esters is 1. The van der Waals surface area contributed by atoms with Gasteiger partial charge < -0.3 is 10.1 Å². The second kappa shape index (κ2) is 7.49. The Morgan fingerprint density at radius 2 is 1.78 bits per heavy atom. The standard InChI is InChI=1S/C17H15F2NO3/c1-23-17(22)13(11-6-3-2-4-7-11)10-20-16(21)12-8-5-9-14(18)15(12)19/h2-9,13H,10H2,1H3,(H,20,21)/t13-/m1/s1. The van der Waals surface area contributed by atoms with E-state index in [0.29, 0.717) is 5.56 Å². The van der Waals surface area contributed by atoms with Crippen LogP contribution in [0.5, 0.6) is 0 Å². The molecule has 2 aromatic rings. The maximum atomic E-state index is 13.6. The van der Waals surface area contributed by atoms with Crippen molar-refractivity contribution in [2.24, 2.45) is 0 Å². The highest BCUT2D eigenvalue weighted by molar-refractivity contribution is 5.94. The molecule has 2 rings (SSSR count). The van der Waals surface area contributed by atoms with Crippen LogP contribution >= 0.6 is 0 Å². The highest BCUT2D eigenvalue weighted by Crippen LogP contribution is 2.17. The van der Waals surface area contributed by atoms with E-state index >= 15 is 0 Å². The highest BCUT2D eigenvalue weighted by atomic mass is 19.2. The fourth-order valence-electron chi connectivity index (χ4n) is 2.13. The van der Waals surface area contributed by atoms with Crippen molar-refractivity contribution >= 4 is 11.9 Å². The van der Waals surface area contributed by atoms with Gasteiger partial charge in [-0.05, 0) is 17.7 Å². The molecule has 0 saturated carbocycles. The van der Waals surface area contributed by atoms with Crippen molar-refractivity contribution in [1.82, 2.24) is 5.32 Å². The molecule has 1 N–H and O–H groups in total. The molecule has 1 amide bonds. The number of ether oxygens (including phenoxy) is 1. The Balaban J connectivity index is 2.14. The van der Waals surface area contributed by atoms with E-state index in [-0.39, 0.29) is 6.54 Å². The van der Waals surface area contributed by atoms with Crippen LogP contribution in [0.25, 0.3) is 0 Å². The van der Waals surface area contributed by atoms with Gasteiger partial charge in [0, 0.05) is 6.54 Å². The van der Waals surface area contributed by atoms with Gasteiger partial charge in [-0.25, -0.2) is 8.78 Å². The van der Waals surface area contributed by atoms with Gasteiger partial charge in [-0.15, -0.1) is 0 Å². The first kappa shape index (κ1) is 16.6. The third-order valence-corrected chi connectivity index (χ3v) is 3.35. The summed E-state index contributed by atoms with van der Waals surface area (Å²) in [7, 11) is 1.24. The molecule has 0 heterocycles. The molecule has 0 aliphatic heterocycles. The van der Waals surface area contributed by atoms with Crippen LogP contribution in [-0.4, -0.2) is 25.5 Å². The molecule has 0 aromatic heterocycles. The van der Waals surface area contributed by atoms with Crippen LogP contribution in [0.3, 0.4) is 0 Å². The van der Waals surface area contributed by atoms with Crippen LogP contribution in [0, 0.1) is 11.6 Å². The van der Waals surface area contributed by atoms with Gasteiger partial charge in [0.15, 0.2) is 11.6 Å². The largest absolute Gasteiger partial charge is 0.468 e. The number of carbonyl (C=O) groups is 2. The first-order valence-corrected chi connectivity index (χ1v) is 6.89. The predicted octanol–water partition coefficient (Wildman–Crippen LogP) is 2.65. The number of carbonyl (C=O) groups excluding carboxylic acids is 2. The van der Waals surface area contributed by atoms with Crippen molar-refractivity contribution in [3.63, 3.8) is 0 Å². The lowest BCUT2D eigenvalue weighted by Crippen LogP contribution is -2.32. The number of methoxy groups -OCH3 is 1. The summed E-state index contributed by atoms with van der Waals surface area (Å²) in [6.45, 7) is -0.0918. The molecule has 0 spiro atoms. The van der Waals surface area contributed by atoms with Gasteiger partial charge in [-0.3, -0.25) is 9.59 Å². The monoisotopic (exact) mass is 319 g/mol. The van der Waals surface area contributed by atoms with Gasteiger partial charge in [0.05, 0.1) is 18.6 Å². The molecular weight excluding hydrogens is 304 g/mol. The van der Waals surface area contributed by atoms with Gasteiger partial charge in [0.25, 0.3) is 5.91 Å². The minimum absolute atomic E-state index is 0.0918. The van der Waals surface area contributed by atoms with Gasteiger partial charge in [0.1, 0.15) is 0 Å². The fraction of sp³-hybridized carbons (Fsp3) is 0.176. The Kier molecular flexibility index (Phi) is 5.41. The molecule has 0 fully saturated rings. The maximum Gasteiger partial charge on any atom is 0.314 e. The summed E-state index contributed by atoms with van der Waals surface area (Å²) in [6, 6.07) is 12.1. The number of benzene rings is 2. The van der Waals surface area contributed by atoms with Crippen LogP contribution in [-0.2, 0) is 9.53 Å². The summed E-state index contributed by atoms with van der Waals surface area (Å²) in [5.41, 5.74) is 0.237. The van der Waals surface area contributed by atoms with Gasteiger partial charge >= 0.3 is 5.97 Å². The molecule has 1 atom stereocenters. The van der Waals surface area contributed by atoms with E-state index in [0.717, 1.165) is 6.07 Å². The van der Waals surface area contributed by atoms with Crippen molar-refractivity contribution in [1.29, 1.82) is 0 Å². The first-order chi connectivity index (χ1) is 11.0. The number of hydrogen-bond donors (Lipinski definition) is 1. The lowest BCUT2D eigenvalue weighted by molar-refractivity contribution is -0.142. The Bertz CT molecular complexity index is 704. The Morgan fingerprint density at radius 1 is 1.09 bits per heavy atom. The highest BCUT2D eigenvalue weighted by Gasteiger charge is 2.23. The third kappa shape index (κ3) is 3.91. The van der Waals surface area contributed by atoms with Gasteiger partial charge in [-0.1, -0.05) is 36.4 Å². The topological polar surface area (TPSA) is 55.4 Å². The zero-order chi connectivity index (χ0) is 16.8. The van der Waals surface area contributed by atoms with Gasteiger partial charge in [0.2, 0.25) is 0 Å². The molecule has 0 aliphatic rings. The number of halogens is 2. The zero-order valence-corrected chi connectivity index (χ0v) is 12.4. The average molecular weight is 319 g/mol. The number of hydrogen-bond acceptors (Lipinski definition) is 3. The molecule has 6 heteroatoms. The molecular formula is C17H15F2NO3. The van der Waals surface area contributed by atoms with Crippen molar-refractivity contribution in [2.45, 2.75) is 5.92 Å². The van der Waals surface area contributed by atoms with E-state index in [9.17, 15) is 18.4 Å². The summed E-state index contributed by atoms with van der Waals surface area (Å²) in [6.07, 6.45) is 0. The van der Waals surface area contributed by atoms with E-state index in [1.807, 2.05) is 0 Å². The van der Waals surface area contributed by atoms with E-state index in [1.54, 1.807) is 30.3 Å². The number of rotatable bonds is 5. The normalized spacial score (nSPS) is 11.6. The van der Waals surface area contributed by atoms with Crippen LogP contribution in [0.1, 0.15) is 21.8 Å². The summed E-state index contributed by atoms with van der Waals surface area (Å²) >= 11 is 0. The van der Waals surface area contributed by atoms with Crippen LogP contribution < -0.4 is 5.32 Å². The van der Waals surface area contributed by atoms with Crippen molar-refractivity contribution in [2.75, 3.05) is 13.7 Å². The molecule has 0 saturated heterocycles. The maximum absolute atomic E-state index is 13.6. The Morgan fingerprint density at radius 3 is 2.43 bits per heavy atom. The summed E-state index contributed by atoms with van der Waals surface area (Å²) in [4.78, 5) is 23.9. The summed E-state index contributed by atoms with van der Waals surface area (Å²) < 4.78 is 31.5. The van der Waals surface area contributed by atoms with Crippen LogP contribution in [0.2, 0.25) is 0 Å². The van der Waals surface area contributed by atoms with E-state index in [2.05, 4.69) is 5.32 Å². The minimum Gasteiger partial charge on any atom is -0.468 e. The molecule has 0 radical (unpaired) electrons. The predicted molar refractivity (Wildman–Crippen MR) is 79.9 cm³/mol. The third-order valence-electron chi connectivity index (χ3n) is 3.35. The average Bonchev–Trinajstić information content (AvgIpc) is 2.58. The molecule has 4 nitrogen and oxygen atoms in total. The van der Waals surface area contributed by atoms with Gasteiger partial charge in [-0.2, -0.15) is 0 Å². The molecule has 0 aliphatic carbocycles.